The van der Waals surface area contributed by atoms with Crippen molar-refractivity contribution in [1.29, 1.82) is 0 Å². The third-order valence-corrected chi connectivity index (χ3v) is 9.48. The number of benzene rings is 3. The van der Waals surface area contributed by atoms with E-state index in [1.54, 1.807) is 62.4 Å². The van der Waals surface area contributed by atoms with Crippen molar-refractivity contribution in [3.63, 3.8) is 0 Å². The van der Waals surface area contributed by atoms with Gasteiger partial charge in [-0.15, -0.1) is 0 Å². The summed E-state index contributed by atoms with van der Waals surface area (Å²) in [6, 6.07) is 15.2. The van der Waals surface area contributed by atoms with Gasteiger partial charge in [-0.3, -0.25) is 13.9 Å². The molecule has 226 valence electrons. The van der Waals surface area contributed by atoms with Crippen molar-refractivity contribution in [3.8, 4) is 0 Å². The Hall–Kier alpha value is -2.78. The zero-order valence-electron chi connectivity index (χ0n) is 24.2. The van der Waals surface area contributed by atoms with Gasteiger partial charge in [0.05, 0.1) is 10.6 Å². The van der Waals surface area contributed by atoms with Gasteiger partial charge in [0, 0.05) is 28.2 Å². The van der Waals surface area contributed by atoms with Gasteiger partial charge in [0.1, 0.15) is 12.6 Å². The van der Waals surface area contributed by atoms with Crippen LogP contribution in [0.15, 0.2) is 65.6 Å². The number of hydrogen-bond donors (Lipinski definition) is 1. The summed E-state index contributed by atoms with van der Waals surface area (Å²) < 4.78 is 29.2. The van der Waals surface area contributed by atoms with E-state index in [1.807, 2.05) is 13.8 Å². The first-order valence-corrected chi connectivity index (χ1v) is 16.3. The van der Waals surface area contributed by atoms with E-state index >= 15 is 0 Å². The standard InChI is InChI=1S/C31H36Cl3N3O4S/c1-5-7-16-35-31(39)28(6-2)36(19-23-10-11-25(33)18-27(23)34)30(38)20-37(29-15-12-24(32)17-22(29)4)42(40,41)26-13-8-21(3)9-14-26/h8-15,17-18,28H,5-7,16,19-20H2,1-4H3,(H,35,39)/t28-/m1/s1. The molecule has 11 heteroatoms. The molecule has 0 bridgehead atoms. The largest absolute Gasteiger partial charge is 0.354 e. The zero-order valence-corrected chi connectivity index (χ0v) is 27.2. The molecule has 3 aromatic rings. The minimum Gasteiger partial charge on any atom is -0.354 e. The van der Waals surface area contributed by atoms with E-state index in [-0.39, 0.29) is 17.3 Å². The van der Waals surface area contributed by atoms with Gasteiger partial charge < -0.3 is 10.2 Å². The highest BCUT2D eigenvalue weighted by Crippen LogP contribution is 2.30. The van der Waals surface area contributed by atoms with E-state index in [1.165, 1.54) is 17.0 Å². The highest BCUT2D eigenvalue weighted by atomic mass is 35.5. The number of sulfonamides is 1. The number of nitrogens with one attached hydrogen (secondary N) is 1. The smallest absolute Gasteiger partial charge is 0.264 e. The predicted octanol–water partition coefficient (Wildman–Crippen LogP) is 7.18. The van der Waals surface area contributed by atoms with Crippen LogP contribution >= 0.6 is 34.8 Å². The number of amides is 2. The molecule has 3 aromatic carbocycles. The first kappa shape index (κ1) is 33.7. The van der Waals surface area contributed by atoms with Crippen LogP contribution in [-0.2, 0) is 26.2 Å². The van der Waals surface area contributed by atoms with Gasteiger partial charge in [-0.25, -0.2) is 8.42 Å². The summed E-state index contributed by atoms with van der Waals surface area (Å²) in [6.07, 6.45) is 1.99. The second kappa shape index (κ2) is 15.1. The zero-order chi connectivity index (χ0) is 31.0. The Morgan fingerprint density at radius 1 is 0.905 bits per heavy atom. The van der Waals surface area contributed by atoms with Gasteiger partial charge in [0.25, 0.3) is 10.0 Å². The summed E-state index contributed by atoms with van der Waals surface area (Å²) in [4.78, 5) is 28.9. The van der Waals surface area contributed by atoms with Crippen LogP contribution in [-0.4, -0.2) is 44.3 Å². The molecule has 7 nitrogen and oxygen atoms in total. The van der Waals surface area contributed by atoms with Crippen LogP contribution in [0.2, 0.25) is 15.1 Å². The molecule has 3 rings (SSSR count). The molecule has 0 aliphatic carbocycles. The average Bonchev–Trinajstić information content (AvgIpc) is 2.93. The Bertz CT molecular complexity index is 1510. The molecule has 42 heavy (non-hydrogen) atoms. The van der Waals surface area contributed by atoms with E-state index in [9.17, 15) is 18.0 Å². The van der Waals surface area contributed by atoms with Crippen molar-refractivity contribution < 1.29 is 18.0 Å². The molecule has 0 radical (unpaired) electrons. The van der Waals surface area contributed by atoms with Gasteiger partial charge in [-0.1, -0.05) is 78.8 Å². The molecule has 0 unspecified atom stereocenters. The van der Waals surface area contributed by atoms with Gasteiger partial charge in [-0.05, 0) is 80.3 Å². The Labute approximate surface area is 263 Å². The Balaban J connectivity index is 2.09. The summed E-state index contributed by atoms with van der Waals surface area (Å²) >= 11 is 18.7. The van der Waals surface area contributed by atoms with Crippen LogP contribution < -0.4 is 9.62 Å². The second-order valence-electron chi connectivity index (χ2n) is 10.1. The van der Waals surface area contributed by atoms with Crippen LogP contribution in [0.25, 0.3) is 0 Å². The highest BCUT2D eigenvalue weighted by Gasteiger charge is 2.34. The molecule has 0 aliphatic rings. The molecular formula is C31H36Cl3N3O4S. The fourth-order valence-electron chi connectivity index (χ4n) is 4.51. The Morgan fingerprint density at radius 2 is 1.55 bits per heavy atom. The summed E-state index contributed by atoms with van der Waals surface area (Å²) in [7, 11) is -4.19. The third kappa shape index (κ3) is 8.40. The van der Waals surface area contributed by atoms with E-state index in [4.69, 9.17) is 34.8 Å². The summed E-state index contributed by atoms with van der Waals surface area (Å²) in [5.74, 6) is -0.886. The van der Waals surface area contributed by atoms with Crippen molar-refractivity contribution in [2.24, 2.45) is 0 Å². The predicted molar refractivity (Wildman–Crippen MR) is 171 cm³/mol. The van der Waals surface area contributed by atoms with Crippen molar-refractivity contribution >= 4 is 62.3 Å². The number of nitrogens with zero attached hydrogens (tertiary/aromatic N) is 2. The lowest BCUT2D eigenvalue weighted by atomic mass is 10.1. The molecule has 0 aliphatic heterocycles. The van der Waals surface area contributed by atoms with Crippen molar-refractivity contribution in [3.05, 3.63) is 92.4 Å². The van der Waals surface area contributed by atoms with Gasteiger partial charge in [-0.2, -0.15) is 0 Å². The number of anilines is 1. The molecule has 0 spiro atoms. The van der Waals surface area contributed by atoms with Crippen molar-refractivity contribution in [2.45, 2.75) is 64.4 Å². The van der Waals surface area contributed by atoms with Crippen LogP contribution in [0, 0.1) is 13.8 Å². The van der Waals surface area contributed by atoms with Crippen molar-refractivity contribution in [1.82, 2.24) is 10.2 Å². The fraction of sp³-hybridized carbons (Fsp3) is 0.355. The maximum Gasteiger partial charge on any atom is 0.264 e. The Kier molecular flexibility index (Phi) is 12.1. The van der Waals surface area contributed by atoms with Gasteiger partial charge in [0.15, 0.2) is 0 Å². The maximum atomic E-state index is 14.2. The van der Waals surface area contributed by atoms with Crippen molar-refractivity contribution in [2.75, 3.05) is 17.4 Å². The van der Waals surface area contributed by atoms with Gasteiger partial charge >= 0.3 is 0 Å². The number of hydrogen-bond acceptors (Lipinski definition) is 4. The fourth-order valence-corrected chi connectivity index (χ4v) is 6.68. The SMILES string of the molecule is CCCCNC(=O)[C@@H](CC)N(Cc1ccc(Cl)cc1Cl)C(=O)CN(c1ccc(Cl)cc1C)S(=O)(=O)c1ccc(C)cc1. The lowest BCUT2D eigenvalue weighted by Crippen LogP contribution is -2.52. The summed E-state index contributed by atoms with van der Waals surface area (Å²) in [5.41, 5.74) is 2.34. The maximum absolute atomic E-state index is 14.2. The lowest BCUT2D eigenvalue weighted by molar-refractivity contribution is -0.140. The number of carbonyl (C=O) groups is 2. The number of carbonyl (C=O) groups excluding carboxylic acids is 2. The molecule has 0 aromatic heterocycles. The first-order chi connectivity index (χ1) is 19.9. The number of aryl methyl sites for hydroxylation is 2. The van der Waals surface area contributed by atoms with Crippen LogP contribution in [0.5, 0.6) is 0 Å². The Morgan fingerprint density at radius 3 is 2.14 bits per heavy atom. The molecule has 1 N–H and O–H groups in total. The van der Waals surface area contributed by atoms with Gasteiger partial charge in [0.2, 0.25) is 11.8 Å². The van der Waals surface area contributed by atoms with Crippen LogP contribution in [0.1, 0.15) is 49.8 Å². The van der Waals surface area contributed by atoms with Crippen LogP contribution in [0.3, 0.4) is 0 Å². The average molecular weight is 653 g/mol. The number of unbranched alkanes of at least 4 members (excludes halogenated alkanes) is 1. The molecule has 0 saturated heterocycles. The van der Waals surface area contributed by atoms with Crippen LogP contribution in [0.4, 0.5) is 5.69 Å². The third-order valence-electron chi connectivity index (χ3n) is 6.89. The van der Waals surface area contributed by atoms with E-state index < -0.39 is 28.5 Å². The molecular weight excluding hydrogens is 617 g/mol. The van der Waals surface area contributed by atoms with E-state index in [2.05, 4.69) is 5.32 Å². The monoisotopic (exact) mass is 651 g/mol. The number of halogens is 3. The molecule has 0 heterocycles. The molecule has 2 amide bonds. The van der Waals surface area contributed by atoms with E-state index in [0.29, 0.717) is 44.8 Å². The second-order valence-corrected chi connectivity index (χ2v) is 13.2. The molecule has 0 saturated carbocycles. The topological polar surface area (TPSA) is 86.8 Å². The number of rotatable bonds is 13. The first-order valence-electron chi connectivity index (χ1n) is 13.8. The minimum atomic E-state index is -4.19. The lowest BCUT2D eigenvalue weighted by Gasteiger charge is -2.33. The summed E-state index contributed by atoms with van der Waals surface area (Å²) in [6.45, 7) is 7.30. The molecule has 1 atom stereocenters. The normalized spacial score (nSPS) is 12.1. The highest BCUT2D eigenvalue weighted by molar-refractivity contribution is 7.92. The van der Waals surface area contributed by atoms with E-state index in [0.717, 1.165) is 22.7 Å². The quantitative estimate of drug-likeness (QED) is 0.198. The summed E-state index contributed by atoms with van der Waals surface area (Å²) in [5, 5.41) is 4.10. The minimum absolute atomic E-state index is 0.0213. The molecule has 0 fully saturated rings.